The normalized spacial score (nSPS) is 16.7. The molecule has 134 valence electrons. The van der Waals surface area contributed by atoms with Crippen LogP contribution in [0.1, 0.15) is 35.2 Å². The van der Waals surface area contributed by atoms with Crippen LogP contribution in [0.4, 0.5) is 0 Å². The van der Waals surface area contributed by atoms with E-state index in [1.54, 1.807) is 18.7 Å². The predicted octanol–water partition coefficient (Wildman–Crippen LogP) is 2.71. The summed E-state index contributed by atoms with van der Waals surface area (Å²) in [5, 5.41) is 13.3. The van der Waals surface area contributed by atoms with E-state index in [1.165, 1.54) is 0 Å². The largest absolute Gasteiger partial charge is 0.497 e. The fourth-order valence-corrected chi connectivity index (χ4v) is 3.50. The Balaban J connectivity index is 1.95. The quantitative estimate of drug-likeness (QED) is 0.718. The molecule has 0 amide bonds. The Morgan fingerprint density at radius 3 is 2.62 bits per heavy atom. The first kappa shape index (κ1) is 16.7. The maximum atomic E-state index is 12.3. The number of ketones is 1. The summed E-state index contributed by atoms with van der Waals surface area (Å²) in [4.78, 5) is 12.3. The maximum Gasteiger partial charge on any atom is 0.185 e. The SMILES string of the molecule is COCc1nn2c3c(nnc2c1-c1ccc(OC)cc1)C(=O)C[C@@H](C)C3. The van der Waals surface area contributed by atoms with Crippen LogP contribution in [-0.2, 0) is 17.8 Å². The Bertz CT molecular complexity index is 979. The smallest absolute Gasteiger partial charge is 0.185 e. The van der Waals surface area contributed by atoms with Crippen molar-refractivity contribution in [1.29, 1.82) is 0 Å². The summed E-state index contributed by atoms with van der Waals surface area (Å²) in [6.07, 6.45) is 1.26. The predicted molar refractivity (Wildman–Crippen MR) is 95.3 cm³/mol. The Kier molecular flexibility index (Phi) is 4.16. The van der Waals surface area contributed by atoms with Crippen molar-refractivity contribution in [3.05, 3.63) is 41.3 Å². The van der Waals surface area contributed by atoms with Gasteiger partial charge in [0.1, 0.15) is 5.75 Å². The maximum absolute atomic E-state index is 12.3. The summed E-state index contributed by atoms with van der Waals surface area (Å²) in [6, 6.07) is 7.72. The minimum Gasteiger partial charge on any atom is -0.497 e. The monoisotopic (exact) mass is 352 g/mol. The number of carbonyl (C=O) groups excluding carboxylic acids is 1. The van der Waals surface area contributed by atoms with Crippen LogP contribution in [0.5, 0.6) is 5.75 Å². The van der Waals surface area contributed by atoms with Gasteiger partial charge in [0.05, 0.1) is 30.7 Å². The topological polar surface area (TPSA) is 78.6 Å². The van der Waals surface area contributed by atoms with E-state index >= 15 is 0 Å². The zero-order valence-corrected chi connectivity index (χ0v) is 15.0. The number of aromatic nitrogens is 4. The van der Waals surface area contributed by atoms with Crippen LogP contribution in [-0.4, -0.2) is 39.8 Å². The lowest BCUT2D eigenvalue weighted by atomic mass is 9.90. The molecule has 1 aliphatic rings. The molecule has 1 aromatic carbocycles. The van der Waals surface area contributed by atoms with Crippen LogP contribution in [0.15, 0.2) is 24.3 Å². The molecule has 0 radical (unpaired) electrons. The molecule has 0 fully saturated rings. The number of rotatable bonds is 4. The molecule has 7 nitrogen and oxygen atoms in total. The van der Waals surface area contributed by atoms with E-state index in [9.17, 15) is 4.79 Å². The third-order valence-electron chi connectivity index (χ3n) is 4.71. The number of ether oxygens (including phenoxy) is 2. The van der Waals surface area contributed by atoms with Crippen molar-refractivity contribution in [3.63, 3.8) is 0 Å². The molecule has 0 saturated heterocycles. The van der Waals surface area contributed by atoms with E-state index in [-0.39, 0.29) is 11.7 Å². The highest BCUT2D eigenvalue weighted by atomic mass is 16.5. The molecule has 0 bridgehead atoms. The van der Waals surface area contributed by atoms with Gasteiger partial charge in [0, 0.05) is 13.5 Å². The molecule has 1 atom stereocenters. The Hall–Kier alpha value is -2.80. The molecule has 0 N–H and O–H groups in total. The number of methoxy groups -OCH3 is 2. The summed E-state index contributed by atoms with van der Waals surface area (Å²) in [6.45, 7) is 2.42. The average Bonchev–Trinajstić information content (AvgIpc) is 3.00. The van der Waals surface area contributed by atoms with Gasteiger partial charge >= 0.3 is 0 Å². The molecule has 1 aliphatic carbocycles. The molecule has 7 heteroatoms. The highest BCUT2D eigenvalue weighted by Gasteiger charge is 2.29. The van der Waals surface area contributed by atoms with Crippen LogP contribution < -0.4 is 4.74 Å². The Labute approximate surface area is 151 Å². The van der Waals surface area contributed by atoms with Gasteiger partial charge in [-0.05, 0) is 30.0 Å². The van der Waals surface area contributed by atoms with Crippen LogP contribution in [0, 0.1) is 5.92 Å². The van der Waals surface area contributed by atoms with Gasteiger partial charge in [0.25, 0.3) is 0 Å². The first-order valence-corrected chi connectivity index (χ1v) is 8.56. The summed E-state index contributed by atoms with van der Waals surface area (Å²) >= 11 is 0. The van der Waals surface area contributed by atoms with Gasteiger partial charge in [-0.15, -0.1) is 10.2 Å². The first-order chi connectivity index (χ1) is 12.6. The lowest BCUT2D eigenvalue weighted by Gasteiger charge is -2.19. The molecule has 0 unspecified atom stereocenters. The summed E-state index contributed by atoms with van der Waals surface area (Å²) < 4.78 is 12.3. The van der Waals surface area contributed by atoms with E-state index < -0.39 is 0 Å². The van der Waals surface area contributed by atoms with Crippen molar-refractivity contribution in [1.82, 2.24) is 19.8 Å². The molecule has 0 spiro atoms. The van der Waals surface area contributed by atoms with Gasteiger partial charge in [-0.25, -0.2) is 4.52 Å². The molecular weight excluding hydrogens is 332 g/mol. The number of carbonyl (C=O) groups is 1. The fraction of sp³-hybridized carbons (Fsp3) is 0.368. The van der Waals surface area contributed by atoms with Crippen molar-refractivity contribution in [3.8, 4) is 16.9 Å². The third-order valence-corrected chi connectivity index (χ3v) is 4.71. The molecule has 26 heavy (non-hydrogen) atoms. The average molecular weight is 352 g/mol. The van der Waals surface area contributed by atoms with Gasteiger partial charge in [-0.3, -0.25) is 4.79 Å². The number of fused-ring (bicyclic) bond motifs is 3. The van der Waals surface area contributed by atoms with Crippen molar-refractivity contribution in [2.75, 3.05) is 14.2 Å². The number of benzene rings is 1. The van der Waals surface area contributed by atoms with Crippen LogP contribution in [0.3, 0.4) is 0 Å². The van der Waals surface area contributed by atoms with Crippen molar-refractivity contribution >= 4 is 11.4 Å². The number of hydrogen-bond acceptors (Lipinski definition) is 6. The van der Waals surface area contributed by atoms with Crippen molar-refractivity contribution < 1.29 is 14.3 Å². The third kappa shape index (κ3) is 2.64. The lowest BCUT2D eigenvalue weighted by molar-refractivity contribution is 0.0944. The summed E-state index contributed by atoms with van der Waals surface area (Å²) in [5.41, 5.74) is 4.50. The molecule has 2 heterocycles. The highest BCUT2D eigenvalue weighted by molar-refractivity contribution is 5.96. The second-order valence-corrected chi connectivity index (χ2v) is 6.65. The minimum absolute atomic E-state index is 0.0305. The van der Waals surface area contributed by atoms with Gasteiger partial charge in [-0.2, -0.15) is 5.10 Å². The van der Waals surface area contributed by atoms with Crippen molar-refractivity contribution in [2.45, 2.75) is 26.4 Å². The molecule has 3 aromatic rings. The van der Waals surface area contributed by atoms with Crippen LogP contribution >= 0.6 is 0 Å². The van der Waals surface area contributed by atoms with E-state index in [2.05, 4.69) is 17.1 Å². The van der Waals surface area contributed by atoms with Gasteiger partial charge in [-0.1, -0.05) is 19.1 Å². The minimum atomic E-state index is 0.0305. The first-order valence-electron chi connectivity index (χ1n) is 8.56. The van der Waals surface area contributed by atoms with Gasteiger partial charge in [0.2, 0.25) is 0 Å². The zero-order valence-electron chi connectivity index (χ0n) is 15.0. The molecular formula is C19H20N4O3. The van der Waals surface area contributed by atoms with Crippen LogP contribution in [0.25, 0.3) is 16.8 Å². The second kappa shape index (κ2) is 6.49. The highest BCUT2D eigenvalue weighted by Crippen LogP contribution is 2.32. The summed E-state index contributed by atoms with van der Waals surface area (Å²) in [5.74, 6) is 1.08. The zero-order chi connectivity index (χ0) is 18.3. The number of nitrogens with zero attached hydrogens (tertiary/aromatic N) is 4. The van der Waals surface area contributed by atoms with Gasteiger partial charge < -0.3 is 9.47 Å². The van der Waals surface area contributed by atoms with E-state index in [0.29, 0.717) is 24.4 Å². The van der Waals surface area contributed by atoms with E-state index in [1.807, 2.05) is 24.3 Å². The second-order valence-electron chi connectivity index (χ2n) is 6.65. The van der Waals surface area contributed by atoms with Gasteiger partial charge in [0.15, 0.2) is 17.1 Å². The van der Waals surface area contributed by atoms with Crippen LogP contribution in [0.2, 0.25) is 0 Å². The summed E-state index contributed by atoms with van der Waals surface area (Å²) in [7, 11) is 3.27. The number of hydrogen-bond donors (Lipinski definition) is 0. The molecule has 2 aromatic heterocycles. The Morgan fingerprint density at radius 1 is 1.15 bits per heavy atom. The lowest BCUT2D eigenvalue weighted by Crippen LogP contribution is -2.23. The standard InChI is InChI=1S/C19H20N4O3/c1-11-8-15-18(16(24)9-11)20-21-19-17(14(10-25-2)22-23(15)19)12-4-6-13(26-3)7-5-12/h4-7,11H,8-10H2,1-3H3/t11-/m0/s1. The Morgan fingerprint density at radius 2 is 1.92 bits per heavy atom. The number of Topliss-reactive ketones (excluding diaryl/α,β-unsaturated/α-hetero) is 1. The molecule has 0 saturated carbocycles. The van der Waals surface area contributed by atoms with E-state index in [4.69, 9.17) is 14.6 Å². The molecule has 0 aliphatic heterocycles. The van der Waals surface area contributed by atoms with E-state index in [0.717, 1.165) is 34.7 Å². The fourth-order valence-electron chi connectivity index (χ4n) is 3.50. The molecule has 4 rings (SSSR count). The van der Waals surface area contributed by atoms with Crippen molar-refractivity contribution in [2.24, 2.45) is 5.92 Å².